The molecule has 0 bridgehead atoms. The van der Waals surface area contributed by atoms with E-state index < -0.39 is 0 Å². The summed E-state index contributed by atoms with van der Waals surface area (Å²) in [6.07, 6.45) is 3.55. The molecule has 0 heterocycles. The molecule has 3 aromatic rings. The van der Waals surface area contributed by atoms with Crippen molar-refractivity contribution in [1.29, 1.82) is 0 Å². The molecule has 0 atom stereocenters. The summed E-state index contributed by atoms with van der Waals surface area (Å²) in [5.41, 5.74) is 4.29. The van der Waals surface area contributed by atoms with Crippen LogP contribution in [-0.2, 0) is 11.2 Å². The Labute approximate surface area is 170 Å². The van der Waals surface area contributed by atoms with Crippen LogP contribution in [0.1, 0.15) is 18.1 Å². The minimum atomic E-state index is -0.195. The maximum atomic E-state index is 12.2. The topological polar surface area (TPSA) is 59.9 Å². The summed E-state index contributed by atoms with van der Waals surface area (Å²) in [5, 5.41) is 6.22. The van der Waals surface area contributed by atoms with E-state index in [9.17, 15) is 4.79 Å². The summed E-state index contributed by atoms with van der Waals surface area (Å²) < 4.78 is 11.2. The zero-order chi connectivity index (χ0) is 20.5. The Morgan fingerprint density at radius 3 is 2.62 bits per heavy atom. The van der Waals surface area contributed by atoms with Crippen LogP contribution in [-0.4, -0.2) is 25.3 Å². The molecule has 0 aliphatic carbocycles. The molecule has 0 aliphatic heterocycles. The highest BCUT2D eigenvalue weighted by Crippen LogP contribution is 2.26. The second-order valence-corrected chi connectivity index (χ2v) is 6.35. The van der Waals surface area contributed by atoms with Crippen LogP contribution in [0.25, 0.3) is 10.8 Å². The highest BCUT2D eigenvalue weighted by molar-refractivity contribution is 6.02. The number of nitrogens with one attached hydrogen (secondary N) is 1. The number of rotatable bonds is 9. The van der Waals surface area contributed by atoms with Gasteiger partial charge < -0.3 is 9.47 Å². The van der Waals surface area contributed by atoms with Crippen molar-refractivity contribution in [2.45, 2.75) is 13.3 Å². The summed E-state index contributed by atoms with van der Waals surface area (Å²) >= 11 is 0. The van der Waals surface area contributed by atoms with Crippen molar-refractivity contribution < 1.29 is 14.3 Å². The van der Waals surface area contributed by atoms with Crippen molar-refractivity contribution in [3.8, 4) is 11.5 Å². The minimum Gasteiger partial charge on any atom is -0.494 e. The van der Waals surface area contributed by atoms with E-state index in [0.29, 0.717) is 19.0 Å². The third-order valence-corrected chi connectivity index (χ3v) is 4.27. The predicted octanol–water partition coefficient (Wildman–Crippen LogP) is 4.50. The van der Waals surface area contributed by atoms with E-state index in [0.717, 1.165) is 27.6 Å². The van der Waals surface area contributed by atoms with E-state index in [-0.39, 0.29) is 12.3 Å². The Morgan fingerprint density at radius 1 is 1.07 bits per heavy atom. The Balaban J connectivity index is 1.71. The van der Waals surface area contributed by atoms with Gasteiger partial charge in [-0.25, -0.2) is 5.43 Å². The first-order valence-corrected chi connectivity index (χ1v) is 9.50. The fraction of sp³-hybridized carbons (Fsp3) is 0.167. The second-order valence-electron chi connectivity index (χ2n) is 6.35. The van der Waals surface area contributed by atoms with Crippen LogP contribution in [0.4, 0.5) is 0 Å². The monoisotopic (exact) mass is 388 g/mol. The summed E-state index contributed by atoms with van der Waals surface area (Å²) in [6, 6.07) is 19.3. The smallest absolute Gasteiger partial charge is 0.244 e. The van der Waals surface area contributed by atoms with E-state index in [1.165, 1.54) is 0 Å². The molecule has 3 rings (SSSR count). The first kappa shape index (κ1) is 20.1. The Hall–Kier alpha value is -3.60. The number of nitrogens with zero attached hydrogens (tertiary/aromatic N) is 1. The first-order valence-electron chi connectivity index (χ1n) is 9.50. The van der Waals surface area contributed by atoms with Crippen molar-refractivity contribution >= 4 is 22.9 Å². The zero-order valence-electron chi connectivity index (χ0n) is 16.4. The van der Waals surface area contributed by atoms with Gasteiger partial charge in [0, 0.05) is 5.56 Å². The molecule has 1 amide bonds. The fourth-order valence-corrected chi connectivity index (χ4v) is 2.95. The summed E-state index contributed by atoms with van der Waals surface area (Å²) in [7, 11) is 0. The van der Waals surface area contributed by atoms with Gasteiger partial charge in [0.2, 0.25) is 5.91 Å². The average Bonchev–Trinajstić information content (AvgIpc) is 2.74. The molecule has 0 aliphatic rings. The Kier molecular flexibility index (Phi) is 7.00. The second kappa shape index (κ2) is 10.1. The predicted molar refractivity (Wildman–Crippen MR) is 117 cm³/mol. The van der Waals surface area contributed by atoms with Gasteiger partial charge in [-0.1, -0.05) is 55.1 Å². The van der Waals surface area contributed by atoms with Crippen LogP contribution < -0.4 is 14.9 Å². The molecule has 0 saturated carbocycles. The molecule has 148 valence electrons. The van der Waals surface area contributed by atoms with Crippen LogP contribution in [0, 0.1) is 0 Å². The number of ether oxygens (including phenoxy) is 2. The molecule has 0 saturated heterocycles. The van der Waals surface area contributed by atoms with Crippen LogP contribution in [0.15, 0.2) is 78.4 Å². The summed E-state index contributed by atoms with van der Waals surface area (Å²) in [6.45, 7) is 6.62. The van der Waals surface area contributed by atoms with E-state index >= 15 is 0 Å². The lowest BCUT2D eigenvalue weighted by Gasteiger charge is -2.10. The summed E-state index contributed by atoms with van der Waals surface area (Å²) in [4.78, 5) is 12.2. The van der Waals surface area contributed by atoms with E-state index in [2.05, 4.69) is 17.1 Å². The number of hydrogen-bond donors (Lipinski definition) is 1. The lowest BCUT2D eigenvalue weighted by Crippen LogP contribution is -2.19. The normalized spacial score (nSPS) is 10.8. The van der Waals surface area contributed by atoms with Gasteiger partial charge in [-0.2, -0.15) is 5.10 Å². The van der Waals surface area contributed by atoms with Gasteiger partial charge in [-0.15, -0.1) is 0 Å². The van der Waals surface area contributed by atoms with Gasteiger partial charge >= 0.3 is 0 Å². The summed E-state index contributed by atoms with van der Waals surface area (Å²) in [5.74, 6) is 1.28. The molecule has 0 unspecified atom stereocenters. The van der Waals surface area contributed by atoms with Crippen LogP contribution in [0.3, 0.4) is 0 Å². The van der Waals surface area contributed by atoms with E-state index in [1.807, 2.05) is 67.6 Å². The molecule has 29 heavy (non-hydrogen) atoms. The molecule has 0 fully saturated rings. The molecule has 0 aromatic heterocycles. The number of hydrogen-bond acceptors (Lipinski definition) is 4. The highest BCUT2D eigenvalue weighted by atomic mass is 16.5. The van der Waals surface area contributed by atoms with Gasteiger partial charge in [-0.3, -0.25) is 4.79 Å². The first-order chi connectivity index (χ1) is 14.2. The SMILES string of the molecule is C=CCOc1ccc2ccccc2c1/C=N\NC(=O)Cc1ccc(OCC)cc1. The maximum Gasteiger partial charge on any atom is 0.244 e. The molecular weight excluding hydrogens is 364 g/mol. The largest absolute Gasteiger partial charge is 0.494 e. The number of hydrazone groups is 1. The lowest BCUT2D eigenvalue weighted by atomic mass is 10.0. The van der Waals surface area contributed by atoms with Crippen molar-refractivity contribution in [2.24, 2.45) is 5.10 Å². The molecular formula is C24H24N2O3. The van der Waals surface area contributed by atoms with Gasteiger partial charge in [0.05, 0.1) is 19.2 Å². The number of carbonyl (C=O) groups is 1. The molecule has 5 heteroatoms. The van der Waals surface area contributed by atoms with E-state index in [4.69, 9.17) is 9.47 Å². The van der Waals surface area contributed by atoms with Crippen LogP contribution in [0.5, 0.6) is 11.5 Å². The molecule has 5 nitrogen and oxygen atoms in total. The average molecular weight is 388 g/mol. The lowest BCUT2D eigenvalue weighted by molar-refractivity contribution is -0.120. The molecule has 0 radical (unpaired) electrons. The molecule has 3 aromatic carbocycles. The van der Waals surface area contributed by atoms with Gasteiger partial charge in [0.25, 0.3) is 0 Å². The Morgan fingerprint density at radius 2 is 1.86 bits per heavy atom. The van der Waals surface area contributed by atoms with Gasteiger partial charge in [0.15, 0.2) is 0 Å². The quantitative estimate of drug-likeness (QED) is 0.334. The molecule has 0 spiro atoms. The van der Waals surface area contributed by atoms with Gasteiger partial charge in [0.1, 0.15) is 18.1 Å². The fourth-order valence-electron chi connectivity index (χ4n) is 2.95. The van der Waals surface area contributed by atoms with Crippen molar-refractivity contribution in [1.82, 2.24) is 5.43 Å². The standard InChI is InChI=1S/C24H24N2O3/c1-3-15-29-23-14-11-19-7-5-6-8-21(19)22(23)17-25-26-24(27)16-18-9-12-20(13-10-18)28-4-2/h3,5-14,17H,1,4,15-16H2,2H3,(H,26,27)/b25-17-. The van der Waals surface area contributed by atoms with Crippen LogP contribution in [0.2, 0.25) is 0 Å². The minimum absolute atomic E-state index is 0.195. The zero-order valence-corrected chi connectivity index (χ0v) is 16.4. The van der Waals surface area contributed by atoms with Crippen molar-refractivity contribution in [3.63, 3.8) is 0 Å². The Bertz CT molecular complexity index is 1010. The number of fused-ring (bicyclic) bond motifs is 1. The number of amides is 1. The third-order valence-electron chi connectivity index (χ3n) is 4.27. The van der Waals surface area contributed by atoms with E-state index in [1.54, 1.807) is 12.3 Å². The number of benzene rings is 3. The third kappa shape index (κ3) is 5.45. The van der Waals surface area contributed by atoms with Gasteiger partial charge in [-0.05, 0) is 41.5 Å². The van der Waals surface area contributed by atoms with Crippen molar-refractivity contribution in [2.75, 3.05) is 13.2 Å². The number of carbonyl (C=O) groups excluding carboxylic acids is 1. The highest BCUT2D eigenvalue weighted by Gasteiger charge is 2.07. The molecule has 1 N–H and O–H groups in total. The van der Waals surface area contributed by atoms with Crippen LogP contribution >= 0.6 is 0 Å². The maximum absolute atomic E-state index is 12.2. The van der Waals surface area contributed by atoms with Crippen molar-refractivity contribution in [3.05, 3.63) is 84.4 Å².